The Morgan fingerprint density at radius 1 is 1.11 bits per heavy atom. The quantitative estimate of drug-likeness (QED) is 0.530. The Kier molecular flexibility index (Phi) is 6.52. The highest BCUT2D eigenvalue weighted by molar-refractivity contribution is 5.98. The molecule has 6 nitrogen and oxygen atoms in total. The lowest BCUT2D eigenvalue weighted by Gasteiger charge is -2.26. The molecule has 0 aromatic carbocycles. The Morgan fingerprint density at radius 3 is 2.26 bits per heavy atom. The van der Waals surface area contributed by atoms with Crippen LogP contribution in [0, 0.1) is 0 Å². The van der Waals surface area contributed by atoms with Crippen molar-refractivity contribution in [2.45, 2.75) is 26.2 Å². The summed E-state index contributed by atoms with van der Waals surface area (Å²) < 4.78 is 5.24. The number of ether oxygens (including phenoxy) is 1. The van der Waals surface area contributed by atoms with E-state index >= 15 is 0 Å². The van der Waals surface area contributed by atoms with E-state index < -0.39 is 11.9 Å². The van der Waals surface area contributed by atoms with Crippen molar-refractivity contribution >= 4 is 11.9 Å². The van der Waals surface area contributed by atoms with Crippen LogP contribution in [0.2, 0.25) is 0 Å². The highest BCUT2D eigenvalue weighted by Gasteiger charge is 2.16. The molecule has 1 saturated heterocycles. The summed E-state index contributed by atoms with van der Waals surface area (Å²) in [7, 11) is 0. The summed E-state index contributed by atoms with van der Waals surface area (Å²) in [6.45, 7) is 5.57. The minimum atomic E-state index is -1.16. The summed E-state index contributed by atoms with van der Waals surface area (Å²) in [5, 5.41) is 17.8. The maximum Gasteiger partial charge on any atom is 0.332 e. The lowest BCUT2D eigenvalue weighted by Crippen LogP contribution is -2.36. The van der Waals surface area contributed by atoms with Gasteiger partial charge in [-0.3, -0.25) is 4.90 Å². The minimum Gasteiger partial charge on any atom is -0.478 e. The predicted octanol–water partition coefficient (Wildman–Crippen LogP) is 0.975. The van der Waals surface area contributed by atoms with Gasteiger partial charge in [-0.05, 0) is 32.7 Å². The molecular formula is C13H21NO5. The van der Waals surface area contributed by atoms with Crippen LogP contribution >= 0.6 is 0 Å². The van der Waals surface area contributed by atoms with Crippen LogP contribution in [-0.2, 0) is 14.3 Å². The molecule has 6 heteroatoms. The van der Waals surface area contributed by atoms with Gasteiger partial charge in [0, 0.05) is 24.2 Å². The number of nitrogens with zero attached hydrogens (tertiary/aromatic N) is 1. The number of hydrogen-bond acceptors (Lipinski definition) is 4. The number of carbonyl (C=O) groups is 2. The molecule has 2 N–H and O–H groups in total. The molecule has 0 radical (unpaired) electrons. The first-order chi connectivity index (χ1) is 9.02. The average Bonchev–Trinajstić information content (AvgIpc) is 2.38. The van der Waals surface area contributed by atoms with Crippen molar-refractivity contribution in [3.05, 3.63) is 11.1 Å². The molecule has 0 amide bonds. The number of hydrogen-bond donors (Lipinski definition) is 2. The van der Waals surface area contributed by atoms with E-state index in [-0.39, 0.29) is 11.1 Å². The van der Waals surface area contributed by atoms with E-state index in [2.05, 4.69) is 4.90 Å². The highest BCUT2D eigenvalue weighted by atomic mass is 16.5. The molecule has 0 aromatic heterocycles. The van der Waals surface area contributed by atoms with Gasteiger partial charge < -0.3 is 14.9 Å². The lowest BCUT2D eigenvalue weighted by atomic mass is 10.0. The van der Waals surface area contributed by atoms with Crippen molar-refractivity contribution in [3.8, 4) is 0 Å². The maximum atomic E-state index is 11.0. The Morgan fingerprint density at radius 2 is 1.74 bits per heavy atom. The van der Waals surface area contributed by atoms with E-state index in [0.29, 0.717) is 12.8 Å². The third-order valence-electron chi connectivity index (χ3n) is 3.29. The molecular weight excluding hydrogens is 250 g/mol. The number of rotatable bonds is 7. The molecule has 0 unspecified atom stereocenters. The normalized spacial score (nSPS) is 17.9. The molecule has 0 spiro atoms. The van der Waals surface area contributed by atoms with Gasteiger partial charge in [-0.15, -0.1) is 0 Å². The van der Waals surface area contributed by atoms with Crippen molar-refractivity contribution < 1.29 is 24.5 Å². The second-order valence-corrected chi connectivity index (χ2v) is 4.62. The van der Waals surface area contributed by atoms with Gasteiger partial charge in [-0.2, -0.15) is 0 Å². The zero-order valence-corrected chi connectivity index (χ0v) is 11.2. The summed E-state index contributed by atoms with van der Waals surface area (Å²) in [5.74, 6) is -2.29. The predicted molar refractivity (Wildman–Crippen MR) is 69.1 cm³/mol. The second-order valence-electron chi connectivity index (χ2n) is 4.62. The number of unbranched alkanes of at least 4 members (excludes halogenated alkanes) is 1. The van der Waals surface area contributed by atoms with Gasteiger partial charge in [-0.1, -0.05) is 0 Å². The Hall–Kier alpha value is -1.40. The van der Waals surface area contributed by atoms with Crippen molar-refractivity contribution in [2.24, 2.45) is 0 Å². The largest absolute Gasteiger partial charge is 0.478 e. The van der Waals surface area contributed by atoms with Crippen LogP contribution in [0.1, 0.15) is 26.2 Å². The van der Waals surface area contributed by atoms with Crippen molar-refractivity contribution in [1.29, 1.82) is 0 Å². The summed E-state index contributed by atoms with van der Waals surface area (Å²) >= 11 is 0. The van der Waals surface area contributed by atoms with Crippen molar-refractivity contribution in [1.82, 2.24) is 4.90 Å². The number of morpholine rings is 1. The van der Waals surface area contributed by atoms with Crippen molar-refractivity contribution in [2.75, 3.05) is 32.8 Å². The fraction of sp³-hybridized carbons (Fsp3) is 0.692. The monoisotopic (exact) mass is 271 g/mol. The van der Waals surface area contributed by atoms with Gasteiger partial charge >= 0.3 is 11.9 Å². The molecule has 1 fully saturated rings. The molecule has 0 aliphatic carbocycles. The van der Waals surface area contributed by atoms with Gasteiger partial charge in [0.2, 0.25) is 0 Å². The van der Waals surface area contributed by atoms with E-state index in [1.165, 1.54) is 6.92 Å². The van der Waals surface area contributed by atoms with Gasteiger partial charge in [0.25, 0.3) is 0 Å². The van der Waals surface area contributed by atoms with E-state index in [1.807, 2.05) is 0 Å². The topological polar surface area (TPSA) is 87.1 Å². The fourth-order valence-corrected chi connectivity index (χ4v) is 2.05. The molecule has 19 heavy (non-hydrogen) atoms. The van der Waals surface area contributed by atoms with Gasteiger partial charge in [0.05, 0.1) is 13.2 Å². The van der Waals surface area contributed by atoms with Crippen LogP contribution in [0.3, 0.4) is 0 Å². The van der Waals surface area contributed by atoms with Crippen LogP contribution in [0.5, 0.6) is 0 Å². The molecule has 1 heterocycles. The third kappa shape index (κ3) is 5.40. The van der Waals surface area contributed by atoms with Gasteiger partial charge in [-0.25, -0.2) is 9.59 Å². The summed E-state index contributed by atoms with van der Waals surface area (Å²) in [5.41, 5.74) is -0.0617. The molecule has 0 saturated carbocycles. The van der Waals surface area contributed by atoms with Gasteiger partial charge in [0.15, 0.2) is 0 Å². The number of carboxylic acid groups (broad SMARTS) is 2. The maximum absolute atomic E-state index is 11.0. The van der Waals surface area contributed by atoms with Crippen LogP contribution in [0.15, 0.2) is 11.1 Å². The molecule has 1 aliphatic heterocycles. The molecule has 0 bridgehead atoms. The Balaban J connectivity index is 2.35. The molecule has 0 aromatic rings. The summed E-state index contributed by atoms with van der Waals surface area (Å²) in [6.07, 6.45) is 1.85. The van der Waals surface area contributed by atoms with Crippen LogP contribution < -0.4 is 0 Å². The first-order valence-corrected chi connectivity index (χ1v) is 6.49. The fourth-order valence-electron chi connectivity index (χ4n) is 2.05. The highest BCUT2D eigenvalue weighted by Crippen LogP contribution is 2.14. The van der Waals surface area contributed by atoms with Crippen LogP contribution in [-0.4, -0.2) is 59.9 Å². The van der Waals surface area contributed by atoms with Crippen LogP contribution in [0.25, 0.3) is 0 Å². The number of aliphatic carboxylic acids is 2. The lowest BCUT2D eigenvalue weighted by molar-refractivity contribution is -0.136. The third-order valence-corrected chi connectivity index (χ3v) is 3.29. The summed E-state index contributed by atoms with van der Waals surface area (Å²) in [4.78, 5) is 24.1. The van der Waals surface area contributed by atoms with Crippen LogP contribution in [0.4, 0.5) is 0 Å². The van der Waals surface area contributed by atoms with E-state index in [1.54, 1.807) is 0 Å². The van der Waals surface area contributed by atoms with E-state index in [9.17, 15) is 9.59 Å². The average molecular weight is 271 g/mol. The first-order valence-electron chi connectivity index (χ1n) is 6.49. The van der Waals surface area contributed by atoms with E-state index in [0.717, 1.165) is 39.3 Å². The molecule has 0 atom stereocenters. The smallest absolute Gasteiger partial charge is 0.332 e. The summed E-state index contributed by atoms with van der Waals surface area (Å²) in [6, 6.07) is 0. The Bertz CT molecular complexity index is 358. The second kappa shape index (κ2) is 7.91. The standard InChI is InChI=1S/C13H21NO5/c1-10(12(15)16)11(13(17)18)4-2-3-5-14-6-8-19-9-7-14/h2-9H2,1H3,(H,15,16)(H,17,18)/b11-10+. The van der Waals surface area contributed by atoms with Gasteiger partial charge in [0.1, 0.15) is 0 Å². The molecule has 1 aliphatic rings. The SMILES string of the molecule is C/C(C(=O)O)=C(/CCCCN1CCOCC1)C(=O)O. The Labute approximate surface area is 112 Å². The minimum absolute atomic E-state index is 0.00878. The zero-order chi connectivity index (χ0) is 14.3. The zero-order valence-electron chi connectivity index (χ0n) is 11.2. The molecule has 108 valence electrons. The van der Waals surface area contributed by atoms with Crippen molar-refractivity contribution in [3.63, 3.8) is 0 Å². The van der Waals surface area contributed by atoms with E-state index in [4.69, 9.17) is 14.9 Å². The first kappa shape index (κ1) is 15.7. The number of carboxylic acids is 2. The molecule has 1 rings (SSSR count).